The Labute approximate surface area is 85.9 Å². The van der Waals surface area contributed by atoms with Gasteiger partial charge in [-0.05, 0) is 18.2 Å². The fourth-order valence-electron chi connectivity index (χ4n) is 0.895. The number of phenolic OH excluding ortho intramolecular Hbond substituents is 1. The summed E-state index contributed by atoms with van der Waals surface area (Å²) in [6.45, 7) is 3.20. The average Bonchev–Trinajstić information content (AvgIpc) is 2.19. The van der Waals surface area contributed by atoms with E-state index < -0.39 is 0 Å². The van der Waals surface area contributed by atoms with Crippen molar-refractivity contribution in [2.75, 3.05) is 0 Å². The van der Waals surface area contributed by atoms with Crippen molar-refractivity contribution in [3.8, 4) is 5.75 Å². The number of nitrogens with zero attached hydrogens (tertiary/aromatic N) is 2. The second-order valence-electron chi connectivity index (χ2n) is 2.40. The quantitative estimate of drug-likeness (QED) is 0.294. The number of hydrazine groups is 1. The van der Waals surface area contributed by atoms with Crippen LogP contribution in [-0.4, -0.2) is 17.7 Å². The summed E-state index contributed by atoms with van der Waals surface area (Å²) in [4.78, 5) is 0. The van der Waals surface area contributed by atoms with E-state index in [-0.39, 0.29) is 10.8 Å². The maximum atomic E-state index is 9.17. The lowest BCUT2D eigenvalue weighted by molar-refractivity contribution is 0.475. The van der Waals surface area contributed by atoms with Crippen LogP contribution in [0.5, 0.6) is 5.75 Å². The van der Waals surface area contributed by atoms with E-state index in [4.69, 9.17) is 22.6 Å². The van der Waals surface area contributed by atoms with Crippen LogP contribution in [0.25, 0.3) is 0 Å². The van der Waals surface area contributed by atoms with Crippen molar-refractivity contribution >= 4 is 24.2 Å². The number of amidine groups is 1. The normalized spacial score (nSPS) is 11.1. The number of hydrogen-bond acceptors (Lipinski definition) is 4. The van der Waals surface area contributed by atoms with Gasteiger partial charge in [-0.25, -0.2) is 5.84 Å². The summed E-state index contributed by atoms with van der Waals surface area (Å²) in [7, 11) is 0. The first-order valence-corrected chi connectivity index (χ1v) is 4.06. The van der Waals surface area contributed by atoms with Crippen molar-refractivity contribution in [3.63, 3.8) is 0 Å². The van der Waals surface area contributed by atoms with E-state index in [0.717, 1.165) is 0 Å². The molecule has 5 nitrogen and oxygen atoms in total. The van der Waals surface area contributed by atoms with Gasteiger partial charge in [0.2, 0.25) is 0 Å². The van der Waals surface area contributed by atoms with Crippen molar-refractivity contribution in [3.05, 3.63) is 28.8 Å². The molecule has 0 fully saturated rings. The molecule has 0 aliphatic carbocycles. The van der Waals surface area contributed by atoms with E-state index in [9.17, 15) is 0 Å². The average molecular weight is 213 g/mol. The lowest BCUT2D eigenvalue weighted by atomic mass is 10.2. The molecule has 1 aromatic rings. The molecule has 0 radical (unpaired) electrons. The molecule has 0 aromatic heterocycles. The predicted molar refractivity (Wildman–Crippen MR) is 56.5 cm³/mol. The molecule has 0 saturated heterocycles. The first kappa shape index (κ1) is 10.5. The molecule has 0 spiro atoms. The van der Waals surface area contributed by atoms with Gasteiger partial charge in [-0.15, -0.1) is 5.10 Å². The van der Waals surface area contributed by atoms with E-state index in [0.29, 0.717) is 11.4 Å². The molecule has 0 bridgehead atoms. The van der Waals surface area contributed by atoms with E-state index in [1.807, 2.05) is 0 Å². The summed E-state index contributed by atoms with van der Waals surface area (Å²) in [6.07, 6.45) is 0. The maximum Gasteiger partial charge on any atom is 0.169 e. The van der Waals surface area contributed by atoms with Gasteiger partial charge in [0.1, 0.15) is 5.75 Å². The lowest BCUT2D eigenvalue weighted by Crippen LogP contribution is -2.30. The third-order valence-electron chi connectivity index (χ3n) is 1.53. The molecule has 0 unspecified atom stereocenters. The van der Waals surface area contributed by atoms with Gasteiger partial charge >= 0.3 is 0 Å². The minimum absolute atomic E-state index is 0.00153. The van der Waals surface area contributed by atoms with Crippen molar-refractivity contribution in [1.29, 1.82) is 0 Å². The first-order chi connectivity index (χ1) is 6.69. The van der Waals surface area contributed by atoms with Gasteiger partial charge in [0, 0.05) is 12.3 Å². The Kier molecular flexibility index (Phi) is 3.44. The molecule has 1 rings (SSSR count). The van der Waals surface area contributed by atoms with Crippen LogP contribution in [0.15, 0.2) is 28.4 Å². The van der Waals surface area contributed by atoms with Gasteiger partial charge in [-0.1, -0.05) is 11.6 Å². The smallest absolute Gasteiger partial charge is 0.169 e. The zero-order chi connectivity index (χ0) is 10.6. The zero-order valence-corrected chi connectivity index (χ0v) is 7.99. The van der Waals surface area contributed by atoms with Gasteiger partial charge in [-0.3, -0.25) is 0 Å². The fourth-order valence-corrected chi connectivity index (χ4v) is 1.08. The zero-order valence-electron chi connectivity index (χ0n) is 7.24. The Morgan fingerprint density at radius 3 is 2.79 bits per heavy atom. The van der Waals surface area contributed by atoms with Gasteiger partial charge in [0.25, 0.3) is 0 Å². The molecule has 0 saturated carbocycles. The molecule has 6 heteroatoms. The number of rotatable bonds is 2. The van der Waals surface area contributed by atoms with Crippen LogP contribution in [0.1, 0.15) is 5.56 Å². The largest absolute Gasteiger partial charge is 0.506 e. The van der Waals surface area contributed by atoms with Crippen LogP contribution >= 0.6 is 11.6 Å². The topological polar surface area (TPSA) is 83.0 Å². The SMILES string of the molecule is C=N/N=C(\NN)c1ccc(O)c(Cl)c1. The monoisotopic (exact) mass is 212 g/mol. The fraction of sp³-hybridized carbons (Fsp3) is 0. The molecular weight excluding hydrogens is 204 g/mol. The lowest BCUT2D eigenvalue weighted by Gasteiger charge is -2.04. The van der Waals surface area contributed by atoms with Crippen LogP contribution in [0.4, 0.5) is 0 Å². The number of benzene rings is 1. The summed E-state index contributed by atoms with van der Waals surface area (Å²) < 4.78 is 0. The molecule has 0 amide bonds. The van der Waals surface area contributed by atoms with Gasteiger partial charge in [-0.2, -0.15) is 5.10 Å². The van der Waals surface area contributed by atoms with Crippen molar-refractivity contribution < 1.29 is 5.11 Å². The molecule has 74 valence electrons. The third kappa shape index (κ3) is 2.21. The third-order valence-corrected chi connectivity index (χ3v) is 1.83. The van der Waals surface area contributed by atoms with Gasteiger partial charge in [0.15, 0.2) is 5.84 Å². The molecule has 14 heavy (non-hydrogen) atoms. The minimum Gasteiger partial charge on any atom is -0.506 e. The Morgan fingerprint density at radius 1 is 1.57 bits per heavy atom. The second-order valence-corrected chi connectivity index (χ2v) is 2.81. The molecular formula is C8H9ClN4O. The summed E-state index contributed by atoms with van der Waals surface area (Å²) in [5.41, 5.74) is 2.96. The number of aromatic hydroxyl groups is 1. The highest BCUT2D eigenvalue weighted by atomic mass is 35.5. The van der Waals surface area contributed by atoms with E-state index in [1.54, 1.807) is 6.07 Å². The number of nitrogens with one attached hydrogen (secondary N) is 1. The minimum atomic E-state index is -0.00153. The van der Waals surface area contributed by atoms with Crippen LogP contribution in [0, 0.1) is 0 Å². The van der Waals surface area contributed by atoms with Crippen molar-refractivity contribution in [1.82, 2.24) is 5.43 Å². The van der Waals surface area contributed by atoms with Crippen LogP contribution < -0.4 is 11.3 Å². The molecule has 0 heterocycles. The predicted octanol–water partition coefficient (Wildman–Crippen LogP) is 0.871. The highest BCUT2D eigenvalue weighted by Gasteiger charge is 2.04. The van der Waals surface area contributed by atoms with Gasteiger partial charge in [0.05, 0.1) is 5.02 Å². The molecule has 4 N–H and O–H groups in total. The first-order valence-electron chi connectivity index (χ1n) is 3.68. The van der Waals surface area contributed by atoms with Crippen molar-refractivity contribution in [2.24, 2.45) is 16.0 Å². The van der Waals surface area contributed by atoms with Crippen molar-refractivity contribution in [2.45, 2.75) is 0 Å². The number of phenols is 1. The maximum absolute atomic E-state index is 9.17. The van der Waals surface area contributed by atoms with Crippen LogP contribution in [0.2, 0.25) is 5.02 Å². The standard InChI is InChI=1S/C8H9ClN4O/c1-11-13-8(12-10)5-2-3-7(14)6(9)4-5/h2-4,14H,1,10H2,(H,12,13). The Morgan fingerprint density at radius 2 is 2.29 bits per heavy atom. The Hall–Kier alpha value is -1.59. The van der Waals surface area contributed by atoms with Crippen LogP contribution in [-0.2, 0) is 0 Å². The summed E-state index contributed by atoms with van der Waals surface area (Å²) in [5.74, 6) is 5.52. The molecule has 0 aliphatic rings. The molecule has 1 aromatic carbocycles. The molecule has 0 atom stereocenters. The van der Waals surface area contributed by atoms with Gasteiger partial charge < -0.3 is 10.5 Å². The van der Waals surface area contributed by atoms with Crippen LogP contribution in [0.3, 0.4) is 0 Å². The highest BCUT2D eigenvalue weighted by molar-refractivity contribution is 6.32. The number of hydrogen-bond donors (Lipinski definition) is 3. The number of nitrogens with two attached hydrogens (primary N) is 1. The summed E-state index contributed by atoms with van der Waals surface area (Å²) >= 11 is 5.70. The second kappa shape index (κ2) is 4.59. The summed E-state index contributed by atoms with van der Waals surface area (Å²) in [6, 6.07) is 4.56. The Bertz CT molecular complexity index is 378. The molecule has 0 aliphatic heterocycles. The number of halogens is 1. The Balaban J connectivity index is 3.12. The summed E-state index contributed by atoms with van der Waals surface area (Å²) in [5, 5.41) is 16.3. The highest BCUT2D eigenvalue weighted by Crippen LogP contribution is 2.23. The van der Waals surface area contributed by atoms with E-state index in [1.165, 1.54) is 12.1 Å². The van der Waals surface area contributed by atoms with E-state index in [2.05, 4.69) is 22.3 Å². The van der Waals surface area contributed by atoms with E-state index >= 15 is 0 Å².